The fourth-order valence-electron chi connectivity index (χ4n) is 4.48. The molecule has 0 radical (unpaired) electrons. The van der Waals surface area contributed by atoms with Crippen molar-refractivity contribution in [2.75, 3.05) is 25.3 Å². The van der Waals surface area contributed by atoms with E-state index in [0.717, 1.165) is 33.6 Å². The fourth-order valence-corrected chi connectivity index (χ4v) is 18.9. The number of fused-ring (bicyclic) bond motifs is 1. The van der Waals surface area contributed by atoms with Crippen molar-refractivity contribution in [3.8, 4) is 11.5 Å². The number of hydrogen-bond acceptors (Lipinski definition) is 5. The zero-order chi connectivity index (χ0) is 25.4. The van der Waals surface area contributed by atoms with Gasteiger partial charge in [-0.3, -0.25) is 0 Å². The fraction of sp³-hybridized carbons (Fsp3) is 0.621. The second-order valence-electron chi connectivity index (χ2n) is 9.63. The number of benzene rings is 1. The van der Waals surface area contributed by atoms with E-state index in [-0.39, 0.29) is 19.7 Å². The molecule has 0 saturated carbocycles. The van der Waals surface area contributed by atoms with E-state index in [1.165, 1.54) is 51.8 Å². The second kappa shape index (κ2) is 17.2. The predicted molar refractivity (Wildman–Crippen MR) is 150 cm³/mol. The Hall–Kier alpha value is -1.31. The zero-order valence-corrected chi connectivity index (χ0v) is 25.4. The van der Waals surface area contributed by atoms with Crippen molar-refractivity contribution < 1.29 is 18.9 Å². The first-order chi connectivity index (χ1) is 17.1. The van der Waals surface area contributed by atoms with Crippen molar-refractivity contribution in [3.05, 3.63) is 42.5 Å². The number of aliphatic imine (C=N–C) groups is 1. The minimum Gasteiger partial charge on any atom is -0.454 e. The molecule has 2 rings (SSSR count). The van der Waals surface area contributed by atoms with Crippen LogP contribution in [0.15, 0.2) is 41.9 Å². The minimum atomic E-state index is -2.23. The molecule has 0 spiro atoms. The first-order valence-electron chi connectivity index (χ1n) is 13.4. The van der Waals surface area contributed by atoms with Gasteiger partial charge in [-0.05, 0) is 0 Å². The molecule has 0 aliphatic carbocycles. The van der Waals surface area contributed by atoms with Crippen LogP contribution in [0.1, 0.15) is 71.3 Å². The summed E-state index contributed by atoms with van der Waals surface area (Å²) in [6.07, 6.45) is 14.8. The summed E-state index contributed by atoms with van der Waals surface area (Å²) < 4.78 is 27.6. The quantitative estimate of drug-likeness (QED) is 0.0712. The Kier molecular flexibility index (Phi) is 14.7. The number of methoxy groups -OCH3 is 1. The van der Waals surface area contributed by atoms with Gasteiger partial charge in [-0.15, -0.1) is 0 Å². The molecule has 5 nitrogen and oxygen atoms in total. The van der Waals surface area contributed by atoms with Crippen molar-refractivity contribution in [2.45, 2.75) is 85.1 Å². The molecule has 1 aromatic rings. The van der Waals surface area contributed by atoms with Crippen LogP contribution in [0.3, 0.4) is 0 Å². The van der Waals surface area contributed by atoms with E-state index in [2.05, 4.69) is 39.6 Å². The summed E-state index contributed by atoms with van der Waals surface area (Å²) >= 11 is -2.23. The topological polar surface area (TPSA) is 49.3 Å². The Balaban J connectivity index is 2.01. The molecule has 35 heavy (non-hydrogen) atoms. The molecule has 1 atom stereocenters. The molecule has 1 aliphatic rings. The number of unbranched alkanes of at least 4 members (excludes halogenated alkanes) is 3. The third kappa shape index (κ3) is 10.7. The van der Waals surface area contributed by atoms with Crippen LogP contribution in [0.4, 0.5) is 0 Å². The first-order valence-corrected chi connectivity index (χ1v) is 21.5. The normalized spacial score (nSPS) is 14.3. The summed E-state index contributed by atoms with van der Waals surface area (Å²) in [6.45, 7) is 11.7. The summed E-state index contributed by atoms with van der Waals surface area (Å²) in [5, 5.41) is 0. The Morgan fingerprint density at radius 3 is 2.34 bits per heavy atom. The number of nitrogens with zero attached hydrogens (tertiary/aromatic N) is 1. The SMILES string of the molecule is C=C(/C=C\C(C/C=N/[CH2][Sn]([CH2]CCC)([CH2]CCC)[CH2]CCC)OCOC)c1ccc2c(c1)OCO2. The first kappa shape index (κ1) is 29.9. The van der Waals surface area contributed by atoms with Gasteiger partial charge in [0, 0.05) is 0 Å². The molecule has 1 heterocycles. The van der Waals surface area contributed by atoms with Crippen LogP contribution in [-0.2, 0) is 9.47 Å². The van der Waals surface area contributed by atoms with E-state index in [0.29, 0.717) is 0 Å². The molecule has 0 aromatic heterocycles. The van der Waals surface area contributed by atoms with Crippen molar-refractivity contribution in [1.29, 1.82) is 0 Å². The van der Waals surface area contributed by atoms with Gasteiger partial charge < -0.3 is 4.74 Å². The van der Waals surface area contributed by atoms with Crippen molar-refractivity contribution in [1.82, 2.24) is 0 Å². The van der Waals surface area contributed by atoms with Gasteiger partial charge in [-0.1, -0.05) is 0 Å². The second-order valence-corrected chi connectivity index (χ2v) is 23.4. The Morgan fingerprint density at radius 1 is 1.06 bits per heavy atom. The molecule has 0 amide bonds. The van der Waals surface area contributed by atoms with Crippen LogP contribution < -0.4 is 9.47 Å². The van der Waals surface area contributed by atoms with Gasteiger partial charge in [0.25, 0.3) is 0 Å². The Bertz CT molecular complexity index is 786. The summed E-state index contributed by atoms with van der Waals surface area (Å²) in [5.41, 5.74) is 1.91. The third-order valence-corrected chi connectivity index (χ3v) is 21.3. The van der Waals surface area contributed by atoms with Gasteiger partial charge in [0.1, 0.15) is 0 Å². The van der Waals surface area contributed by atoms with Crippen LogP contribution in [0, 0.1) is 0 Å². The zero-order valence-electron chi connectivity index (χ0n) is 22.5. The van der Waals surface area contributed by atoms with E-state index >= 15 is 0 Å². The third-order valence-electron chi connectivity index (χ3n) is 6.73. The van der Waals surface area contributed by atoms with E-state index in [1.54, 1.807) is 7.11 Å². The van der Waals surface area contributed by atoms with Crippen LogP contribution in [0.5, 0.6) is 11.5 Å². The number of allylic oxidation sites excluding steroid dienone is 2. The Labute approximate surface area is 217 Å². The van der Waals surface area contributed by atoms with E-state index in [1.807, 2.05) is 24.3 Å². The summed E-state index contributed by atoms with van der Waals surface area (Å²) in [5.74, 6) is 1.54. The molecular formula is C29H47NO4Sn. The van der Waals surface area contributed by atoms with Gasteiger partial charge in [-0.25, -0.2) is 0 Å². The minimum absolute atomic E-state index is 0.101. The van der Waals surface area contributed by atoms with Crippen molar-refractivity contribution in [2.24, 2.45) is 4.99 Å². The average molecular weight is 592 g/mol. The van der Waals surface area contributed by atoms with Gasteiger partial charge in [0.15, 0.2) is 0 Å². The molecule has 1 unspecified atom stereocenters. The predicted octanol–water partition coefficient (Wildman–Crippen LogP) is 7.82. The summed E-state index contributed by atoms with van der Waals surface area (Å²) in [7, 11) is 1.65. The molecule has 1 aliphatic heterocycles. The molecule has 0 N–H and O–H groups in total. The molecule has 0 bridgehead atoms. The van der Waals surface area contributed by atoms with Gasteiger partial charge in [-0.2, -0.15) is 0 Å². The van der Waals surface area contributed by atoms with Crippen molar-refractivity contribution in [3.63, 3.8) is 0 Å². The molecular weight excluding hydrogens is 545 g/mol. The molecule has 0 fully saturated rings. The Morgan fingerprint density at radius 2 is 1.71 bits per heavy atom. The van der Waals surface area contributed by atoms with E-state index in [4.69, 9.17) is 23.9 Å². The van der Waals surface area contributed by atoms with Gasteiger partial charge in [0.05, 0.1) is 0 Å². The van der Waals surface area contributed by atoms with E-state index < -0.39 is 18.4 Å². The molecule has 1 aromatic carbocycles. The maximum atomic E-state index is 5.91. The molecule has 0 saturated heterocycles. The molecule has 196 valence electrons. The van der Waals surface area contributed by atoms with Crippen LogP contribution in [-0.4, -0.2) is 56.0 Å². The van der Waals surface area contributed by atoms with Gasteiger partial charge in [0.2, 0.25) is 6.79 Å². The maximum absolute atomic E-state index is 5.91. The van der Waals surface area contributed by atoms with Crippen LogP contribution in [0.25, 0.3) is 5.57 Å². The van der Waals surface area contributed by atoms with Gasteiger partial charge >= 0.3 is 207 Å². The van der Waals surface area contributed by atoms with Crippen molar-refractivity contribution >= 4 is 30.2 Å². The average Bonchev–Trinajstić information content (AvgIpc) is 3.36. The van der Waals surface area contributed by atoms with Crippen LogP contribution >= 0.6 is 0 Å². The van der Waals surface area contributed by atoms with Crippen LogP contribution in [0.2, 0.25) is 13.3 Å². The number of ether oxygens (including phenoxy) is 4. The number of hydrogen-bond donors (Lipinski definition) is 0. The smallest absolute Gasteiger partial charge is 0.454 e. The standard InChI is InChI=1S/C17H20NO4.3C4H9.Sn/c1-13(4-6-15(8-9-18-2)20-11-19-3)14-5-7-16-17(10-14)22-12-21-16;3*1-3-4-2;/h4-7,9-10,15H,1-2,8,11-12H2,3H3;3*1,3-4H2,2H3;/b6-4-,18-9+;;;;. The molecule has 6 heteroatoms. The monoisotopic (exact) mass is 593 g/mol. The van der Waals surface area contributed by atoms with E-state index in [9.17, 15) is 0 Å². The number of rotatable bonds is 19. The summed E-state index contributed by atoms with van der Waals surface area (Å²) in [6, 6.07) is 5.90. The summed E-state index contributed by atoms with van der Waals surface area (Å²) in [4.78, 5) is 5.04.